The first-order valence-electron chi connectivity index (χ1n) is 6.59. The Kier molecular flexibility index (Phi) is 5.79. The molecule has 0 saturated carbocycles. The Bertz CT molecular complexity index is 629. The molecule has 0 aliphatic heterocycles. The predicted octanol–water partition coefficient (Wildman–Crippen LogP) is 3.32. The number of nitrogens with one attached hydrogen (secondary N) is 1. The van der Waals surface area contributed by atoms with Crippen LogP contribution in [0, 0.1) is 0 Å². The molecule has 2 N–H and O–H groups in total. The monoisotopic (exact) mass is 323 g/mol. The maximum Gasteiger partial charge on any atom is 0.0681 e. The fraction of sp³-hybridized carbons (Fsp3) is 0.250. The van der Waals surface area contributed by atoms with Gasteiger partial charge in [-0.05, 0) is 28.8 Å². The van der Waals surface area contributed by atoms with E-state index in [0.717, 1.165) is 22.4 Å². The van der Waals surface area contributed by atoms with Crippen LogP contribution < -0.4 is 5.32 Å². The fourth-order valence-electron chi connectivity index (χ4n) is 1.99. The highest BCUT2D eigenvalue weighted by atomic mass is 35.5. The molecule has 0 heterocycles. The smallest absolute Gasteiger partial charge is 0.0681 e. The van der Waals surface area contributed by atoms with Crippen molar-refractivity contribution in [2.45, 2.75) is 18.9 Å². The lowest BCUT2D eigenvalue weighted by molar-refractivity contribution is 0.282. The molecule has 3 nitrogen and oxygen atoms in total. The SMILES string of the molecule is CS(=O)Cc1ccc(Cl)c(NCc2ccc(CO)cc2)c1. The maximum absolute atomic E-state index is 11.3. The molecule has 0 saturated heterocycles. The molecule has 2 aromatic rings. The number of rotatable bonds is 6. The van der Waals surface area contributed by atoms with Crippen LogP contribution in [0.25, 0.3) is 0 Å². The van der Waals surface area contributed by atoms with Crippen LogP contribution >= 0.6 is 11.6 Å². The highest BCUT2D eigenvalue weighted by Gasteiger charge is 2.04. The number of aliphatic hydroxyl groups excluding tert-OH is 1. The zero-order chi connectivity index (χ0) is 15.2. The van der Waals surface area contributed by atoms with Gasteiger partial charge in [0.15, 0.2) is 0 Å². The van der Waals surface area contributed by atoms with Gasteiger partial charge in [-0.25, -0.2) is 0 Å². The van der Waals surface area contributed by atoms with E-state index in [1.807, 2.05) is 42.5 Å². The Morgan fingerprint density at radius 1 is 1.10 bits per heavy atom. The van der Waals surface area contributed by atoms with Crippen molar-refractivity contribution in [3.05, 3.63) is 64.2 Å². The largest absolute Gasteiger partial charge is 0.392 e. The highest BCUT2D eigenvalue weighted by molar-refractivity contribution is 7.83. The maximum atomic E-state index is 11.3. The first kappa shape index (κ1) is 16.0. The highest BCUT2D eigenvalue weighted by Crippen LogP contribution is 2.24. The van der Waals surface area contributed by atoms with E-state index in [1.54, 1.807) is 6.26 Å². The second-order valence-electron chi connectivity index (χ2n) is 4.86. The summed E-state index contributed by atoms with van der Waals surface area (Å²) in [6, 6.07) is 13.4. The van der Waals surface area contributed by atoms with E-state index in [4.69, 9.17) is 16.7 Å². The molecule has 1 unspecified atom stereocenters. The summed E-state index contributed by atoms with van der Waals surface area (Å²) >= 11 is 6.18. The van der Waals surface area contributed by atoms with Crippen molar-refractivity contribution in [3.8, 4) is 0 Å². The lowest BCUT2D eigenvalue weighted by atomic mass is 10.1. The van der Waals surface area contributed by atoms with E-state index < -0.39 is 10.8 Å². The Hall–Kier alpha value is -1.36. The number of hydrogen-bond donors (Lipinski definition) is 2. The molecule has 0 aliphatic rings. The standard InChI is InChI=1S/C16H18ClNO2S/c1-21(20)11-14-6-7-15(17)16(8-14)18-9-12-2-4-13(10-19)5-3-12/h2-8,18-19H,9-11H2,1H3. The Morgan fingerprint density at radius 3 is 2.33 bits per heavy atom. The third-order valence-corrected chi connectivity index (χ3v) is 4.16. The normalized spacial score (nSPS) is 12.1. The molecule has 0 fully saturated rings. The molecule has 21 heavy (non-hydrogen) atoms. The number of anilines is 1. The number of benzene rings is 2. The van der Waals surface area contributed by atoms with E-state index in [0.29, 0.717) is 17.3 Å². The van der Waals surface area contributed by atoms with Crippen LogP contribution in [-0.4, -0.2) is 15.6 Å². The average Bonchev–Trinajstić information content (AvgIpc) is 2.48. The Morgan fingerprint density at radius 2 is 1.71 bits per heavy atom. The van der Waals surface area contributed by atoms with Gasteiger partial charge in [0.25, 0.3) is 0 Å². The van der Waals surface area contributed by atoms with Crippen molar-refractivity contribution in [1.82, 2.24) is 0 Å². The molecule has 1 atom stereocenters. The molecule has 112 valence electrons. The predicted molar refractivity (Wildman–Crippen MR) is 88.9 cm³/mol. The number of aliphatic hydroxyl groups is 1. The Balaban J connectivity index is 2.05. The van der Waals surface area contributed by atoms with E-state index in [9.17, 15) is 4.21 Å². The quantitative estimate of drug-likeness (QED) is 0.857. The summed E-state index contributed by atoms with van der Waals surface area (Å²) in [5.41, 5.74) is 3.83. The van der Waals surface area contributed by atoms with Gasteiger partial charge in [0.05, 0.1) is 17.3 Å². The molecule has 0 bridgehead atoms. The fourth-order valence-corrected chi connectivity index (χ4v) is 2.83. The van der Waals surface area contributed by atoms with E-state index >= 15 is 0 Å². The molecular weight excluding hydrogens is 306 g/mol. The average molecular weight is 324 g/mol. The molecule has 0 aliphatic carbocycles. The van der Waals surface area contributed by atoms with Gasteiger partial charge >= 0.3 is 0 Å². The summed E-state index contributed by atoms with van der Waals surface area (Å²) < 4.78 is 11.3. The number of hydrogen-bond acceptors (Lipinski definition) is 3. The van der Waals surface area contributed by atoms with Crippen molar-refractivity contribution < 1.29 is 9.32 Å². The summed E-state index contributed by atoms with van der Waals surface area (Å²) in [4.78, 5) is 0. The van der Waals surface area contributed by atoms with Crippen molar-refractivity contribution >= 4 is 28.1 Å². The van der Waals surface area contributed by atoms with Crippen molar-refractivity contribution in [2.24, 2.45) is 0 Å². The van der Waals surface area contributed by atoms with Crippen LogP contribution in [0.3, 0.4) is 0 Å². The van der Waals surface area contributed by atoms with Gasteiger partial charge in [0.1, 0.15) is 0 Å². The summed E-state index contributed by atoms with van der Waals surface area (Å²) in [5, 5.41) is 13.0. The van der Waals surface area contributed by atoms with Gasteiger partial charge in [0.2, 0.25) is 0 Å². The van der Waals surface area contributed by atoms with Gasteiger partial charge < -0.3 is 10.4 Å². The molecule has 0 amide bonds. The summed E-state index contributed by atoms with van der Waals surface area (Å²) in [7, 11) is -0.870. The third kappa shape index (κ3) is 4.84. The van der Waals surface area contributed by atoms with E-state index in [-0.39, 0.29) is 6.61 Å². The second-order valence-corrected chi connectivity index (χ2v) is 6.70. The molecule has 0 spiro atoms. The summed E-state index contributed by atoms with van der Waals surface area (Å²) in [6.07, 6.45) is 1.68. The van der Waals surface area contributed by atoms with Crippen molar-refractivity contribution in [1.29, 1.82) is 0 Å². The lowest BCUT2D eigenvalue weighted by Crippen LogP contribution is -2.01. The van der Waals surface area contributed by atoms with Crippen LogP contribution in [0.1, 0.15) is 16.7 Å². The summed E-state index contributed by atoms with van der Waals surface area (Å²) in [5.74, 6) is 0.525. The summed E-state index contributed by atoms with van der Waals surface area (Å²) in [6.45, 7) is 0.694. The molecule has 0 radical (unpaired) electrons. The van der Waals surface area contributed by atoms with Gasteiger partial charge in [-0.2, -0.15) is 0 Å². The Labute approximate surface area is 132 Å². The molecule has 2 rings (SSSR count). The van der Waals surface area contributed by atoms with E-state index in [1.165, 1.54) is 0 Å². The molecule has 2 aromatic carbocycles. The first-order valence-corrected chi connectivity index (χ1v) is 8.70. The minimum absolute atomic E-state index is 0.0513. The van der Waals surface area contributed by atoms with Gasteiger partial charge in [-0.3, -0.25) is 4.21 Å². The van der Waals surface area contributed by atoms with Crippen LogP contribution in [0.4, 0.5) is 5.69 Å². The van der Waals surface area contributed by atoms with Crippen LogP contribution in [0.2, 0.25) is 5.02 Å². The van der Waals surface area contributed by atoms with E-state index in [2.05, 4.69) is 5.32 Å². The lowest BCUT2D eigenvalue weighted by Gasteiger charge is -2.10. The number of halogens is 1. The second kappa shape index (κ2) is 7.59. The van der Waals surface area contributed by atoms with Crippen molar-refractivity contribution in [2.75, 3.05) is 11.6 Å². The zero-order valence-corrected chi connectivity index (χ0v) is 13.4. The topological polar surface area (TPSA) is 49.3 Å². The molecular formula is C16H18ClNO2S. The molecule has 5 heteroatoms. The molecule has 0 aromatic heterocycles. The zero-order valence-electron chi connectivity index (χ0n) is 11.8. The van der Waals surface area contributed by atoms with Crippen LogP contribution in [0.5, 0.6) is 0 Å². The third-order valence-electron chi connectivity index (χ3n) is 3.09. The van der Waals surface area contributed by atoms with Gasteiger partial charge in [-0.1, -0.05) is 41.9 Å². The van der Waals surface area contributed by atoms with Crippen LogP contribution in [-0.2, 0) is 29.7 Å². The minimum Gasteiger partial charge on any atom is -0.392 e. The van der Waals surface area contributed by atoms with Gasteiger partial charge in [-0.15, -0.1) is 0 Å². The van der Waals surface area contributed by atoms with Gasteiger partial charge in [0, 0.05) is 29.4 Å². The van der Waals surface area contributed by atoms with Crippen molar-refractivity contribution in [3.63, 3.8) is 0 Å². The van der Waals surface area contributed by atoms with Crippen LogP contribution in [0.15, 0.2) is 42.5 Å². The first-order chi connectivity index (χ1) is 10.1. The minimum atomic E-state index is -0.870.